The summed E-state index contributed by atoms with van der Waals surface area (Å²) in [6, 6.07) is 9.85. The van der Waals surface area contributed by atoms with E-state index in [1.807, 2.05) is 0 Å². The molecule has 0 saturated carbocycles. The lowest BCUT2D eigenvalue weighted by atomic mass is 9.70. The van der Waals surface area contributed by atoms with Gasteiger partial charge in [-0.15, -0.1) is 0 Å². The maximum Gasteiger partial charge on any atom is 0.395 e. The Morgan fingerprint density at radius 1 is 1.38 bits per heavy atom. The Bertz CT molecular complexity index is 568. The minimum atomic E-state index is -4.75. The molecule has 2 unspecified atom stereocenters. The Balaban J connectivity index is 2.37. The molecule has 21 heavy (non-hydrogen) atoms. The average Bonchev–Trinajstić information content (AvgIpc) is 2.46. The molecule has 0 aromatic heterocycles. The number of para-hydroxylation sites is 1. The summed E-state index contributed by atoms with van der Waals surface area (Å²) >= 11 is 0. The number of benzene rings is 1. The number of alkyl halides is 3. The van der Waals surface area contributed by atoms with E-state index in [-0.39, 0.29) is 13.0 Å². The topological polar surface area (TPSA) is 64.3 Å². The largest absolute Gasteiger partial charge is 0.480 e. The Morgan fingerprint density at radius 3 is 2.48 bits per heavy atom. The van der Waals surface area contributed by atoms with E-state index in [4.69, 9.17) is 10.4 Å². The smallest absolute Gasteiger partial charge is 0.395 e. The fourth-order valence-electron chi connectivity index (χ4n) is 2.65. The molecule has 2 atom stereocenters. The molecule has 1 aliphatic heterocycles. The van der Waals surface area contributed by atoms with Crippen molar-refractivity contribution in [3.8, 4) is 6.07 Å². The van der Waals surface area contributed by atoms with Crippen LogP contribution in [-0.2, 0) is 4.79 Å². The van der Waals surface area contributed by atoms with Gasteiger partial charge < -0.3 is 10.0 Å². The SMILES string of the molecule is N#CC1(C(=O)O)CCN(c2ccccc2)CC1C(F)(F)F. The Kier molecular flexibility index (Phi) is 3.81. The van der Waals surface area contributed by atoms with Crippen LogP contribution in [0.5, 0.6) is 0 Å². The monoisotopic (exact) mass is 298 g/mol. The van der Waals surface area contributed by atoms with Crippen molar-refractivity contribution in [1.82, 2.24) is 0 Å². The summed E-state index contributed by atoms with van der Waals surface area (Å²) in [4.78, 5) is 12.7. The Labute approximate surface area is 119 Å². The van der Waals surface area contributed by atoms with Crippen molar-refractivity contribution in [3.05, 3.63) is 30.3 Å². The first-order chi connectivity index (χ1) is 9.81. The van der Waals surface area contributed by atoms with Gasteiger partial charge in [-0.3, -0.25) is 4.79 Å². The molecule has 0 spiro atoms. The van der Waals surface area contributed by atoms with Crippen LogP contribution in [0.4, 0.5) is 18.9 Å². The Hall–Kier alpha value is -2.23. The van der Waals surface area contributed by atoms with Gasteiger partial charge in [0.1, 0.15) is 5.92 Å². The van der Waals surface area contributed by atoms with Gasteiger partial charge in [-0.25, -0.2) is 0 Å². The molecular weight excluding hydrogens is 285 g/mol. The van der Waals surface area contributed by atoms with Crippen molar-refractivity contribution in [2.24, 2.45) is 11.3 Å². The quantitative estimate of drug-likeness (QED) is 0.911. The van der Waals surface area contributed by atoms with Crippen LogP contribution in [0.1, 0.15) is 6.42 Å². The van der Waals surface area contributed by atoms with Gasteiger partial charge in [-0.2, -0.15) is 18.4 Å². The van der Waals surface area contributed by atoms with Crippen LogP contribution < -0.4 is 4.90 Å². The van der Waals surface area contributed by atoms with Gasteiger partial charge in [-0.05, 0) is 18.6 Å². The number of hydrogen-bond acceptors (Lipinski definition) is 3. The lowest BCUT2D eigenvalue weighted by Crippen LogP contribution is -2.56. The van der Waals surface area contributed by atoms with E-state index >= 15 is 0 Å². The summed E-state index contributed by atoms with van der Waals surface area (Å²) in [6.45, 7) is -0.441. The van der Waals surface area contributed by atoms with Crippen LogP contribution in [0, 0.1) is 22.7 Å². The molecule has 4 nitrogen and oxygen atoms in total. The zero-order valence-electron chi connectivity index (χ0n) is 11.0. The maximum absolute atomic E-state index is 13.2. The van der Waals surface area contributed by atoms with Gasteiger partial charge >= 0.3 is 12.1 Å². The number of halogens is 3. The zero-order chi connectivity index (χ0) is 15.7. The fourth-order valence-corrected chi connectivity index (χ4v) is 2.65. The van der Waals surface area contributed by atoms with E-state index in [2.05, 4.69) is 0 Å². The maximum atomic E-state index is 13.2. The van der Waals surface area contributed by atoms with Crippen molar-refractivity contribution in [2.45, 2.75) is 12.6 Å². The first kappa shape index (κ1) is 15.2. The van der Waals surface area contributed by atoms with Crippen LogP contribution in [0.3, 0.4) is 0 Å². The van der Waals surface area contributed by atoms with Gasteiger partial charge in [-0.1, -0.05) is 18.2 Å². The van der Waals surface area contributed by atoms with Crippen LogP contribution in [-0.4, -0.2) is 30.3 Å². The number of piperidine rings is 1. The van der Waals surface area contributed by atoms with Gasteiger partial charge in [0.2, 0.25) is 0 Å². The molecular formula is C14H13F3N2O2. The molecule has 0 aliphatic carbocycles. The van der Waals surface area contributed by atoms with Crippen LogP contribution in [0.15, 0.2) is 30.3 Å². The number of anilines is 1. The molecule has 0 bridgehead atoms. The molecule has 0 amide bonds. The summed E-state index contributed by atoms with van der Waals surface area (Å²) in [5.74, 6) is -3.93. The molecule has 1 fully saturated rings. The highest BCUT2D eigenvalue weighted by Crippen LogP contribution is 2.46. The van der Waals surface area contributed by atoms with E-state index in [1.165, 1.54) is 11.0 Å². The summed E-state index contributed by atoms with van der Waals surface area (Å²) in [5, 5.41) is 18.2. The molecule has 1 aromatic carbocycles. The second kappa shape index (κ2) is 5.28. The van der Waals surface area contributed by atoms with Crippen molar-refractivity contribution in [1.29, 1.82) is 5.26 Å². The number of rotatable bonds is 2. The number of carbonyl (C=O) groups is 1. The van der Waals surface area contributed by atoms with E-state index in [0.29, 0.717) is 5.69 Å². The summed E-state index contributed by atoms with van der Waals surface area (Å²) in [5.41, 5.74) is -1.83. The number of hydrogen-bond donors (Lipinski definition) is 1. The molecule has 1 saturated heterocycles. The van der Waals surface area contributed by atoms with E-state index in [1.54, 1.807) is 30.3 Å². The highest BCUT2D eigenvalue weighted by Gasteiger charge is 2.60. The fraction of sp³-hybridized carbons (Fsp3) is 0.429. The summed E-state index contributed by atoms with van der Waals surface area (Å²) < 4.78 is 39.7. The minimum absolute atomic E-state index is 0.0937. The molecule has 7 heteroatoms. The van der Waals surface area contributed by atoms with Crippen molar-refractivity contribution in [3.63, 3.8) is 0 Å². The minimum Gasteiger partial charge on any atom is -0.480 e. The van der Waals surface area contributed by atoms with Crippen molar-refractivity contribution >= 4 is 11.7 Å². The highest BCUT2D eigenvalue weighted by atomic mass is 19.4. The third kappa shape index (κ3) is 2.66. The third-order valence-corrected chi connectivity index (χ3v) is 3.87. The second-order valence-corrected chi connectivity index (χ2v) is 5.01. The van der Waals surface area contributed by atoms with Crippen molar-refractivity contribution < 1.29 is 23.1 Å². The summed E-state index contributed by atoms with van der Waals surface area (Å²) in [7, 11) is 0. The van der Waals surface area contributed by atoms with E-state index in [0.717, 1.165) is 0 Å². The number of nitriles is 1. The molecule has 112 valence electrons. The molecule has 1 aliphatic rings. The molecule has 1 N–H and O–H groups in total. The lowest BCUT2D eigenvalue weighted by molar-refractivity contribution is -0.208. The number of aliphatic carboxylic acids is 1. The normalized spacial score (nSPS) is 26.2. The van der Waals surface area contributed by atoms with E-state index < -0.39 is 30.0 Å². The standard InChI is InChI=1S/C14H13F3N2O2/c15-14(16,17)11-8-19(10-4-2-1-3-5-10)7-6-13(11,9-18)12(20)21/h1-5,11H,6-8H2,(H,20,21). The van der Waals surface area contributed by atoms with E-state index in [9.17, 15) is 18.0 Å². The molecule has 2 rings (SSSR count). The first-order valence-corrected chi connectivity index (χ1v) is 6.32. The second-order valence-electron chi connectivity index (χ2n) is 5.01. The van der Waals surface area contributed by atoms with Crippen LogP contribution in [0.25, 0.3) is 0 Å². The van der Waals surface area contributed by atoms with Gasteiger partial charge in [0, 0.05) is 18.8 Å². The molecule has 1 heterocycles. The van der Waals surface area contributed by atoms with Gasteiger partial charge in [0.25, 0.3) is 0 Å². The third-order valence-electron chi connectivity index (χ3n) is 3.87. The predicted molar refractivity (Wildman–Crippen MR) is 68.5 cm³/mol. The summed E-state index contributed by atoms with van der Waals surface area (Å²) in [6.07, 6.45) is -5.11. The highest BCUT2D eigenvalue weighted by molar-refractivity contribution is 5.79. The Morgan fingerprint density at radius 2 is 2.00 bits per heavy atom. The molecule has 0 radical (unpaired) electrons. The number of nitrogens with zero attached hydrogens (tertiary/aromatic N) is 2. The average molecular weight is 298 g/mol. The first-order valence-electron chi connectivity index (χ1n) is 6.32. The lowest BCUT2D eigenvalue weighted by Gasteiger charge is -2.42. The molecule has 1 aromatic rings. The number of carboxylic acid groups (broad SMARTS) is 1. The predicted octanol–water partition coefficient (Wildman–Crippen LogP) is 2.67. The van der Waals surface area contributed by atoms with Crippen molar-refractivity contribution in [2.75, 3.05) is 18.0 Å². The van der Waals surface area contributed by atoms with Gasteiger partial charge in [0.15, 0.2) is 5.41 Å². The van der Waals surface area contributed by atoms with Gasteiger partial charge in [0.05, 0.1) is 6.07 Å². The number of carboxylic acids is 1. The zero-order valence-corrected chi connectivity index (χ0v) is 11.0. The van der Waals surface area contributed by atoms with Crippen LogP contribution in [0.2, 0.25) is 0 Å². The van der Waals surface area contributed by atoms with Crippen LogP contribution >= 0.6 is 0 Å².